The predicted molar refractivity (Wildman–Crippen MR) is 102 cm³/mol. The SMILES string of the molecule is COc1cccc(OC)c1C(c1ccccc1C)N1CCCNCC1. The van der Waals surface area contributed by atoms with E-state index < -0.39 is 0 Å². The Labute approximate surface area is 150 Å². The summed E-state index contributed by atoms with van der Waals surface area (Å²) in [7, 11) is 3.47. The molecule has 2 aromatic rings. The summed E-state index contributed by atoms with van der Waals surface area (Å²) in [5, 5.41) is 3.50. The number of rotatable bonds is 5. The molecule has 4 heteroatoms. The second-order valence-electron chi connectivity index (χ2n) is 6.47. The van der Waals surface area contributed by atoms with E-state index in [0.717, 1.165) is 49.7 Å². The van der Waals surface area contributed by atoms with Crippen molar-refractivity contribution in [1.82, 2.24) is 10.2 Å². The molecule has 1 N–H and O–H groups in total. The first-order valence-corrected chi connectivity index (χ1v) is 8.97. The van der Waals surface area contributed by atoms with Gasteiger partial charge in [-0.05, 0) is 43.1 Å². The molecular weight excluding hydrogens is 312 g/mol. The average Bonchev–Trinajstić information content (AvgIpc) is 2.93. The Morgan fingerprint density at radius 3 is 2.32 bits per heavy atom. The molecule has 1 aliphatic heterocycles. The van der Waals surface area contributed by atoms with Gasteiger partial charge in [0, 0.05) is 19.6 Å². The Bertz CT molecular complexity index is 672. The van der Waals surface area contributed by atoms with Gasteiger partial charge in [-0.1, -0.05) is 30.3 Å². The average molecular weight is 340 g/mol. The summed E-state index contributed by atoms with van der Waals surface area (Å²) in [5.74, 6) is 1.76. The number of ether oxygens (including phenoxy) is 2. The van der Waals surface area contributed by atoms with Crippen molar-refractivity contribution >= 4 is 0 Å². The summed E-state index contributed by atoms with van der Waals surface area (Å²) in [5.41, 5.74) is 3.72. The van der Waals surface area contributed by atoms with Crippen molar-refractivity contribution in [3.05, 3.63) is 59.2 Å². The molecule has 0 spiro atoms. The summed E-state index contributed by atoms with van der Waals surface area (Å²) < 4.78 is 11.5. The van der Waals surface area contributed by atoms with E-state index >= 15 is 0 Å². The number of aryl methyl sites for hydroxylation is 1. The van der Waals surface area contributed by atoms with E-state index in [0.29, 0.717) is 0 Å². The van der Waals surface area contributed by atoms with Crippen LogP contribution in [0.2, 0.25) is 0 Å². The van der Waals surface area contributed by atoms with Crippen molar-refractivity contribution in [1.29, 1.82) is 0 Å². The predicted octanol–water partition coefficient (Wildman–Crippen LogP) is 3.40. The first kappa shape index (κ1) is 17.8. The zero-order valence-corrected chi connectivity index (χ0v) is 15.4. The first-order chi connectivity index (χ1) is 12.3. The number of hydrogen-bond donors (Lipinski definition) is 1. The minimum atomic E-state index is 0.118. The third-order valence-corrected chi connectivity index (χ3v) is 4.96. The molecule has 0 saturated carbocycles. The number of nitrogens with one attached hydrogen (secondary N) is 1. The third-order valence-electron chi connectivity index (χ3n) is 4.96. The number of benzene rings is 2. The van der Waals surface area contributed by atoms with Gasteiger partial charge >= 0.3 is 0 Å². The summed E-state index contributed by atoms with van der Waals surface area (Å²) in [4.78, 5) is 2.54. The van der Waals surface area contributed by atoms with Crippen LogP contribution < -0.4 is 14.8 Å². The highest BCUT2D eigenvalue weighted by Crippen LogP contribution is 2.41. The Kier molecular flexibility index (Phi) is 5.95. The van der Waals surface area contributed by atoms with E-state index in [-0.39, 0.29) is 6.04 Å². The standard InChI is InChI=1S/C21H28N2O2/c1-16-8-4-5-9-17(16)21(23-14-7-12-22-13-15-23)20-18(24-2)10-6-11-19(20)25-3/h4-6,8-11,21-22H,7,12-15H2,1-3H3. The summed E-state index contributed by atoms with van der Waals surface area (Å²) in [6.07, 6.45) is 1.14. The van der Waals surface area contributed by atoms with Crippen LogP contribution >= 0.6 is 0 Å². The van der Waals surface area contributed by atoms with E-state index in [4.69, 9.17) is 9.47 Å². The van der Waals surface area contributed by atoms with Crippen molar-refractivity contribution in [2.45, 2.75) is 19.4 Å². The molecule has 0 radical (unpaired) electrons. The van der Waals surface area contributed by atoms with Crippen LogP contribution in [0.4, 0.5) is 0 Å². The molecule has 0 amide bonds. The molecule has 25 heavy (non-hydrogen) atoms. The second-order valence-corrected chi connectivity index (χ2v) is 6.47. The van der Waals surface area contributed by atoms with Gasteiger partial charge in [-0.15, -0.1) is 0 Å². The van der Waals surface area contributed by atoms with Crippen LogP contribution in [0.5, 0.6) is 11.5 Å². The Hall–Kier alpha value is -2.04. The largest absolute Gasteiger partial charge is 0.496 e. The van der Waals surface area contributed by atoms with Gasteiger partial charge in [0.15, 0.2) is 0 Å². The number of nitrogens with zero attached hydrogens (tertiary/aromatic N) is 1. The minimum Gasteiger partial charge on any atom is -0.496 e. The fraction of sp³-hybridized carbons (Fsp3) is 0.429. The van der Waals surface area contributed by atoms with E-state index in [9.17, 15) is 0 Å². The van der Waals surface area contributed by atoms with Crippen LogP contribution in [-0.4, -0.2) is 45.3 Å². The lowest BCUT2D eigenvalue weighted by Gasteiger charge is -2.34. The molecule has 3 rings (SSSR count). The molecule has 1 atom stereocenters. The van der Waals surface area contributed by atoms with Gasteiger partial charge in [-0.3, -0.25) is 4.90 Å². The maximum absolute atomic E-state index is 5.73. The van der Waals surface area contributed by atoms with E-state index in [1.165, 1.54) is 11.1 Å². The van der Waals surface area contributed by atoms with Gasteiger partial charge in [0.05, 0.1) is 25.8 Å². The van der Waals surface area contributed by atoms with Crippen molar-refractivity contribution < 1.29 is 9.47 Å². The van der Waals surface area contributed by atoms with Gasteiger partial charge in [-0.2, -0.15) is 0 Å². The van der Waals surface area contributed by atoms with Crippen LogP contribution in [0.15, 0.2) is 42.5 Å². The van der Waals surface area contributed by atoms with Gasteiger partial charge in [-0.25, -0.2) is 0 Å². The van der Waals surface area contributed by atoms with Crippen LogP contribution in [0, 0.1) is 6.92 Å². The number of hydrogen-bond acceptors (Lipinski definition) is 4. The molecule has 1 unspecified atom stereocenters. The zero-order valence-electron chi connectivity index (χ0n) is 15.4. The Morgan fingerprint density at radius 1 is 0.920 bits per heavy atom. The molecule has 2 aromatic carbocycles. The summed E-state index contributed by atoms with van der Waals surface area (Å²) in [6, 6.07) is 14.8. The molecule has 1 aliphatic rings. The molecule has 1 heterocycles. The molecule has 0 aliphatic carbocycles. The van der Waals surface area contributed by atoms with Crippen LogP contribution in [0.1, 0.15) is 29.2 Å². The number of methoxy groups -OCH3 is 2. The first-order valence-electron chi connectivity index (χ1n) is 8.97. The molecule has 0 aromatic heterocycles. The molecule has 134 valence electrons. The van der Waals surface area contributed by atoms with E-state index in [1.807, 2.05) is 18.2 Å². The topological polar surface area (TPSA) is 33.7 Å². The van der Waals surface area contributed by atoms with Crippen LogP contribution in [0.25, 0.3) is 0 Å². The van der Waals surface area contributed by atoms with Crippen molar-refractivity contribution in [2.75, 3.05) is 40.4 Å². The van der Waals surface area contributed by atoms with Crippen LogP contribution in [-0.2, 0) is 0 Å². The summed E-state index contributed by atoms with van der Waals surface area (Å²) >= 11 is 0. The lowest BCUT2D eigenvalue weighted by atomic mass is 9.92. The molecule has 4 nitrogen and oxygen atoms in total. The van der Waals surface area contributed by atoms with Crippen molar-refractivity contribution in [2.24, 2.45) is 0 Å². The van der Waals surface area contributed by atoms with E-state index in [2.05, 4.69) is 41.4 Å². The zero-order chi connectivity index (χ0) is 17.6. The fourth-order valence-corrected chi connectivity index (χ4v) is 3.70. The monoisotopic (exact) mass is 340 g/mol. The molecular formula is C21H28N2O2. The highest BCUT2D eigenvalue weighted by molar-refractivity contribution is 5.51. The normalized spacial score (nSPS) is 16.9. The maximum atomic E-state index is 5.73. The highest BCUT2D eigenvalue weighted by atomic mass is 16.5. The Balaban J connectivity index is 2.16. The van der Waals surface area contributed by atoms with E-state index in [1.54, 1.807) is 14.2 Å². The molecule has 1 fully saturated rings. The maximum Gasteiger partial charge on any atom is 0.127 e. The second kappa shape index (κ2) is 8.37. The van der Waals surface area contributed by atoms with Gasteiger partial charge in [0.25, 0.3) is 0 Å². The quantitative estimate of drug-likeness (QED) is 0.904. The lowest BCUT2D eigenvalue weighted by molar-refractivity contribution is 0.230. The minimum absolute atomic E-state index is 0.118. The van der Waals surface area contributed by atoms with Crippen molar-refractivity contribution in [3.63, 3.8) is 0 Å². The van der Waals surface area contributed by atoms with Crippen LogP contribution in [0.3, 0.4) is 0 Å². The van der Waals surface area contributed by atoms with Gasteiger partial charge < -0.3 is 14.8 Å². The third kappa shape index (κ3) is 3.80. The van der Waals surface area contributed by atoms with Gasteiger partial charge in [0.1, 0.15) is 11.5 Å². The molecule has 1 saturated heterocycles. The fourth-order valence-electron chi connectivity index (χ4n) is 3.70. The smallest absolute Gasteiger partial charge is 0.127 e. The van der Waals surface area contributed by atoms with Gasteiger partial charge in [0.2, 0.25) is 0 Å². The Morgan fingerprint density at radius 2 is 1.64 bits per heavy atom. The van der Waals surface area contributed by atoms with Crippen molar-refractivity contribution in [3.8, 4) is 11.5 Å². The summed E-state index contributed by atoms with van der Waals surface area (Å²) in [6.45, 7) is 6.30. The highest BCUT2D eigenvalue weighted by Gasteiger charge is 2.29. The lowest BCUT2D eigenvalue weighted by Crippen LogP contribution is -2.33. The molecule has 0 bridgehead atoms.